The van der Waals surface area contributed by atoms with Gasteiger partial charge in [-0.2, -0.15) is 0 Å². The number of ether oxygens (including phenoxy) is 2. The topological polar surface area (TPSA) is 93.1 Å². The molecule has 6 nitrogen and oxygen atoms in total. The number of esters is 2. The molecule has 2 rings (SSSR count). The van der Waals surface area contributed by atoms with Crippen molar-refractivity contribution in [1.82, 2.24) is 0 Å². The molecule has 1 heterocycles. The Balaban J connectivity index is 2.48. The molecule has 2 N–H and O–H groups in total. The second kappa shape index (κ2) is 7.60. The van der Waals surface area contributed by atoms with E-state index in [1.54, 1.807) is 39.8 Å². The first kappa shape index (κ1) is 20.1. The number of fused-ring (bicyclic) bond motifs is 1. The van der Waals surface area contributed by atoms with E-state index in [2.05, 4.69) is 6.58 Å². The van der Waals surface area contributed by atoms with E-state index < -0.39 is 41.8 Å². The summed E-state index contributed by atoms with van der Waals surface area (Å²) in [5, 5.41) is 20.9. The minimum Gasteiger partial charge on any atom is -0.458 e. The van der Waals surface area contributed by atoms with Gasteiger partial charge in [-0.1, -0.05) is 24.8 Å². The number of carbonyl (C=O) groups excluding carboxylic acids is 2. The second-order valence-corrected chi connectivity index (χ2v) is 7.11. The summed E-state index contributed by atoms with van der Waals surface area (Å²) in [5.74, 6) is -1.74. The first-order chi connectivity index (χ1) is 12.1. The summed E-state index contributed by atoms with van der Waals surface area (Å²) in [6.07, 6.45) is 3.77. The summed E-state index contributed by atoms with van der Waals surface area (Å²) < 4.78 is 11.0. The molecule has 26 heavy (non-hydrogen) atoms. The fourth-order valence-corrected chi connectivity index (χ4v) is 3.05. The lowest BCUT2D eigenvalue weighted by Crippen LogP contribution is -2.40. The highest BCUT2D eigenvalue weighted by Crippen LogP contribution is 2.37. The number of aliphatic hydroxyl groups is 2. The van der Waals surface area contributed by atoms with Crippen LogP contribution in [0, 0.1) is 5.92 Å². The average molecular weight is 362 g/mol. The van der Waals surface area contributed by atoms with Gasteiger partial charge in [0.2, 0.25) is 0 Å². The summed E-state index contributed by atoms with van der Waals surface area (Å²) in [6, 6.07) is 0. The van der Waals surface area contributed by atoms with Gasteiger partial charge in [0, 0.05) is 17.6 Å². The Morgan fingerprint density at radius 1 is 1.50 bits per heavy atom. The van der Waals surface area contributed by atoms with Gasteiger partial charge in [0.05, 0.1) is 17.6 Å². The Morgan fingerprint density at radius 3 is 2.77 bits per heavy atom. The van der Waals surface area contributed by atoms with Gasteiger partial charge in [-0.05, 0) is 39.3 Å². The third-order valence-electron chi connectivity index (χ3n) is 4.82. The first-order valence-electron chi connectivity index (χ1n) is 8.57. The smallest absolute Gasteiger partial charge is 0.334 e. The zero-order valence-electron chi connectivity index (χ0n) is 15.6. The van der Waals surface area contributed by atoms with Crippen molar-refractivity contribution >= 4 is 11.9 Å². The molecule has 1 aliphatic heterocycles. The molecule has 0 aromatic heterocycles. The second-order valence-electron chi connectivity index (χ2n) is 7.11. The van der Waals surface area contributed by atoms with Crippen LogP contribution in [0.2, 0.25) is 0 Å². The summed E-state index contributed by atoms with van der Waals surface area (Å²) >= 11 is 0. The van der Waals surface area contributed by atoms with Crippen LogP contribution in [0.4, 0.5) is 0 Å². The van der Waals surface area contributed by atoms with Crippen molar-refractivity contribution in [1.29, 1.82) is 0 Å². The minimum absolute atomic E-state index is 0.0304. The zero-order chi connectivity index (χ0) is 19.6. The van der Waals surface area contributed by atoms with Gasteiger partial charge < -0.3 is 19.7 Å². The highest BCUT2D eigenvalue weighted by atomic mass is 16.6. The highest BCUT2D eigenvalue weighted by Gasteiger charge is 2.46. The van der Waals surface area contributed by atoms with Gasteiger partial charge in [0.1, 0.15) is 12.2 Å². The molecule has 0 unspecified atom stereocenters. The number of carbonyl (C=O) groups is 2. The van der Waals surface area contributed by atoms with Crippen molar-refractivity contribution in [2.45, 2.75) is 58.0 Å². The maximum Gasteiger partial charge on any atom is 0.334 e. The molecule has 1 fully saturated rings. The van der Waals surface area contributed by atoms with Crippen molar-refractivity contribution in [3.8, 4) is 0 Å². The van der Waals surface area contributed by atoms with Crippen molar-refractivity contribution in [3.63, 3.8) is 0 Å². The quantitative estimate of drug-likeness (QED) is 0.443. The first-order valence-corrected chi connectivity index (χ1v) is 8.57. The zero-order valence-corrected chi connectivity index (χ0v) is 15.6. The summed E-state index contributed by atoms with van der Waals surface area (Å²) in [7, 11) is 0. The van der Waals surface area contributed by atoms with Crippen molar-refractivity contribution in [2.24, 2.45) is 5.92 Å². The van der Waals surface area contributed by atoms with Crippen LogP contribution in [0.3, 0.4) is 0 Å². The van der Waals surface area contributed by atoms with E-state index in [-0.39, 0.29) is 12.0 Å². The van der Waals surface area contributed by atoms with Gasteiger partial charge in [-0.25, -0.2) is 9.59 Å². The lowest BCUT2D eigenvalue weighted by Gasteiger charge is -2.32. The van der Waals surface area contributed by atoms with Crippen LogP contribution in [0.1, 0.15) is 34.1 Å². The maximum atomic E-state index is 12.3. The van der Waals surface area contributed by atoms with E-state index >= 15 is 0 Å². The fraction of sp³-hybridized carbons (Fsp3) is 0.500. The molecule has 0 saturated carbocycles. The van der Waals surface area contributed by atoms with E-state index in [9.17, 15) is 19.8 Å². The number of hydrogen-bond donors (Lipinski definition) is 2. The predicted molar refractivity (Wildman–Crippen MR) is 96.0 cm³/mol. The van der Waals surface area contributed by atoms with E-state index in [1.807, 2.05) is 0 Å². The van der Waals surface area contributed by atoms with Gasteiger partial charge in [0.15, 0.2) is 0 Å². The van der Waals surface area contributed by atoms with Crippen LogP contribution in [0.5, 0.6) is 0 Å². The Bertz CT molecular complexity index is 697. The van der Waals surface area contributed by atoms with Crippen LogP contribution < -0.4 is 0 Å². The molecule has 6 heteroatoms. The molecule has 142 valence electrons. The van der Waals surface area contributed by atoms with Gasteiger partial charge in [0.25, 0.3) is 0 Å². The molecular weight excluding hydrogens is 336 g/mol. The summed E-state index contributed by atoms with van der Waals surface area (Å²) in [6.45, 7) is 10.4. The van der Waals surface area contributed by atoms with E-state index in [0.717, 1.165) is 0 Å². The maximum absolute atomic E-state index is 12.3. The van der Waals surface area contributed by atoms with E-state index in [0.29, 0.717) is 11.1 Å². The molecular formula is C20H26O6. The van der Waals surface area contributed by atoms with Crippen LogP contribution in [0.15, 0.2) is 47.6 Å². The number of aliphatic hydroxyl groups excluding tert-OH is 1. The Kier molecular flexibility index (Phi) is 5.88. The molecule has 1 aliphatic carbocycles. The Hall–Kier alpha value is -2.18. The highest BCUT2D eigenvalue weighted by molar-refractivity contribution is 5.92. The van der Waals surface area contributed by atoms with E-state index in [4.69, 9.17) is 9.47 Å². The Labute approximate surface area is 153 Å². The van der Waals surface area contributed by atoms with Crippen molar-refractivity contribution < 1.29 is 29.3 Å². The molecule has 2 aliphatic rings. The standard InChI is InChI=1S/C20H26O6/c1-6-11(2)18(22)26-16-10-20(5,24)8-7-14(21)12(3)9-15-17(16)13(4)19(23)25-15/h6-9,14-17,21,24H,4,10H2,1-3,5H3/t14-,15+,16+,17-,20-/m0/s1. The minimum atomic E-state index is -1.36. The number of hydrogen-bond acceptors (Lipinski definition) is 6. The largest absolute Gasteiger partial charge is 0.458 e. The average Bonchev–Trinajstić information content (AvgIpc) is 2.84. The lowest BCUT2D eigenvalue weighted by atomic mass is 9.82. The molecule has 5 atom stereocenters. The third kappa shape index (κ3) is 4.31. The van der Waals surface area contributed by atoms with Gasteiger partial charge >= 0.3 is 11.9 Å². The normalized spacial score (nSPS) is 35.5. The Morgan fingerprint density at radius 2 is 2.15 bits per heavy atom. The number of rotatable bonds is 2. The van der Waals surface area contributed by atoms with Gasteiger partial charge in [-0.15, -0.1) is 0 Å². The van der Waals surface area contributed by atoms with E-state index in [1.165, 1.54) is 12.2 Å². The van der Waals surface area contributed by atoms with Crippen molar-refractivity contribution in [3.05, 3.63) is 47.6 Å². The van der Waals surface area contributed by atoms with Crippen LogP contribution in [0.25, 0.3) is 0 Å². The van der Waals surface area contributed by atoms with Crippen LogP contribution in [-0.4, -0.2) is 46.1 Å². The molecule has 0 spiro atoms. The fourth-order valence-electron chi connectivity index (χ4n) is 3.05. The van der Waals surface area contributed by atoms with Crippen molar-refractivity contribution in [2.75, 3.05) is 0 Å². The molecule has 0 radical (unpaired) electrons. The monoisotopic (exact) mass is 362 g/mol. The molecule has 0 amide bonds. The SMILES string of the molecule is C=C1C(=O)O[C@@H]2C=C(C)[C@@H](O)C=C[C@](C)(O)C[C@@H](OC(=O)C(C)=CC)[C@@H]12. The van der Waals surface area contributed by atoms with Crippen LogP contribution >= 0.6 is 0 Å². The summed E-state index contributed by atoms with van der Waals surface area (Å²) in [5.41, 5.74) is -0.188. The molecule has 0 bridgehead atoms. The molecule has 0 aromatic rings. The lowest BCUT2D eigenvalue weighted by molar-refractivity contribution is -0.150. The van der Waals surface area contributed by atoms with Crippen LogP contribution in [-0.2, 0) is 19.1 Å². The summed E-state index contributed by atoms with van der Waals surface area (Å²) in [4.78, 5) is 24.4. The number of allylic oxidation sites excluding steroid dienone is 1. The molecule has 0 aromatic carbocycles. The van der Waals surface area contributed by atoms with Gasteiger partial charge in [-0.3, -0.25) is 0 Å². The third-order valence-corrected chi connectivity index (χ3v) is 4.82. The molecule has 1 saturated heterocycles. The predicted octanol–water partition coefficient (Wildman–Crippen LogP) is 1.98.